The van der Waals surface area contributed by atoms with E-state index in [1.165, 1.54) is 30.1 Å². The summed E-state index contributed by atoms with van der Waals surface area (Å²) < 4.78 is 39.3. The van der Waals surface area contributed by atoms with Crippen molar-refractivity contribution in [1.29, 1.82) is 0 Å². The first-order valence-corrected chi connectivity index (χ1v) is 16.2. The van der Waals surface area contributed by atoms with Crippen molar-refractivity contribution >= 4 is 51.2 Å². The molecular formula is C32H32N4O6S2. The third kappa shape index (κ3) is 9.09. The van der Waals surface area contributed by atoms with Crippen molar-refractivity contribution in [2.24, 2.45) is 5.10 Å². The van der Waals surface area contributed by atoms with Gasteiger partial charge in [0.25, 0.3) is 21.8 Å². The number of hydrogen-bond donors (Lipinski definition) is 2. The van der Waals surface area contributed by atoms with Gasteiger partial charge in [-0.15, -0.1) is 11.8 Å². The highest BCUT2D eigenvalue weighted by atomic mass is 32.2. The Kier molecular flexibility index (Phi) is 11.4. The smallest absolute Gasteiger partial charge is 0.264 e. The normalized spacial score (nSPS) is 11.1. The zero-order chi connectivity index (χ0) is 31.4. The second-order valence-electron chi connectivity index (χ2n) is 9.18. The number of sulfonamides is 1. The highest BCUT2D eigenvalue weighted by Crippen LogP contribution is 2.27. The average molecular weight is 633 g/mol. The second kappa shape index (κ2) is 15.6. The fourth-order valence-electron chi connectivity index (χ4n) is 3.93. The number of amides is 2. The predicted molar refractivity (Wildman–Crippen MR) is 173 cm³/mol. The predicted octanol–water partition coefficient (Wildman–Crippen LogP) is 5.17. The third-order valence-corrected chi connectivity index (χ3v) is 8.61. The van der Waals surface area contributed by atoms with E-state index in [1.807, 2.05) is 31.4 Å². The summed E-state index contributed by atoms with van der Waals surface area (Å²) in [6.07, 6.45) is 3.32. The van der Waals surface area contributed by atoms with Gasteiger partial charge < -0.3 is 14.8 Å². The van der Waals surface area contributed by atoms with Crippen LogP contribution in [0, 0.1) is 0 Å². The molecular weight excluding hydrogens is 601 g/mol. The van der Waals surface area contributed by atoms with Gasteiger partial charge >= 0.3 is 0 Å². The van der Waals surface area contributed by atoms with Crippen LogP contribution < -0.4 is 24.5 Å². The number of hydrazone groups is 1. The highest BCUT2D eigenvalue weighted by Gasteiger charge is 2.27. The van der Waals surface area contributed by atoms with E-state index >= 15 is 0 Å². The Labute approximate surface area is 261 Å². The monoisotopic (exact) mass is 632 g/mol. The number of benzene rings is 4. The first kappa shape index (κ1) is 32.1. The van der Waals surface area contributed by atoms with Crippen molar-refractivity contribution in [3.8, 4) is 11.5 Å². The maximum Gasteiger partial charge on any atom is 0.264 e. The number of para-hydroxylation sites is 1. The molecule has 0 heterocycles. The summed E-state index contributed by atoms with van der Waals surface area (Å²) in [6, 6.07) is 28.8. The second-order valence-corrected chi connectivity index (χ2v) is 11.9. The standard InChI is InChI=1S/C32H32N4O6S2/c1-3-41-27-15-11-26(12-16-27)36(44(39,40)30-19-17-29(43-2)18-20-30)22-31(37)35-33-21-24-9-13-28(14-10-24)42-23-32(38)34-25-7-5-4-6-8-25/h4-21H,3,22-23H2,1-2H3,(H,34,38)(H,35,37)/b33-21-. The van der Waals surface area contributed by atoms with Crippen molar-refractivity contribution in [3.63, 3.8) is 0 Å². The van der Waals surface area contributed by atoms with Crippen LogP contribution in [-0.2, 0) is 19.6 Å². The van der Waals surface area contributed by atoms with Gasteiger partial charge in [-0.1, -0.05) is 18.2 Å². The summed E-state index contributed by atoms with van der Waals surface area (Å²) in [6.45, 7) is 1.65. The summed E-state index contributed by atoms with van der Waals surface area (Å²) >= 11 is 1.50. The van der Waals surface area contributed by atoms with Crippen molar-refractivity contribution in [2.45, 2.75) is 16.7 Å². The van der Waals surface area contributed by atoms with E-state index in [0.717, 1.165) is 9.20 Å². The lowest BCUT2D eigenvalue weighted by atomic mass is 10.2. The van der Waals surface area contributed by atoms with E-state index in [0.29, 0.717) is 35.0 Å². The zero-order valence-corrected chi connectivity index (χ0v) is 25.8. The maximum atomic E-state index is 13.6. The molecule has 4 rings (SSSR count). The Morgan fingerprint density at radius 1 is 0.841 bits per heavy atom. The van der Waals surface area contributed by atoms with E-state index in [4.69, 9.17) is 9.47 Å². The van der Waals surface area contributed by atoms with Crippen LogP contribution in [-0.4, -0.2) is 52.5 Å². The summed E-state index contributed by atoms with van der Waals surface area (Å²) in [7, 11) is -4.08. The molecule has 0 radical (unpaired) electrons. The van der Waals surface area contributed by atoms with E-state index < -0.39 is 22.5 Å². The van der Waals surface area contributed by atoms with Crippen LogP contribution in [0.4, 0.5) is 11.4 Å². The number of nitrogens with zero attached hydrogens (tertiary/aromatic N) is 2. The number of carbonyl (C=O) groups is 2. The summed E-state index contributed by atoms with van der Waals surface area (Å²) in [5.74, 6) is 0.140. The number of thioether (sulfide) groups is 1. The highest BCUT2D eigenvalue weighted by molar-refractivity contribution is 7.98. The average Bonchev–Trinajstić information content (AvgIpc) is 3.04. The SMILES string of the molecule is CCOc1ccc(N(CC(=O)N/N=C\c2ccc(OCC(=O)Nc3ccccc3)cc2)S(=O)(=O)c2ccc(SC)cc2)cc1. The van der Waals surface area contributed by atoms with Gasteiger partial charge in [0.2, 0.25) is 0 Å². The van der Waals surface area contributed by atoms with Gasteiger partial charge in [-0.05, 0) is 104 Å². The third-order valence-electron chi connectivity index (χ3n) is 6.08. The maximum absolute atomic E-state index is 13.6. The van der Waals surface area contributed by atoms with E-state index in [-0.39, 0.29) is 17.4 Å². The summed E-state index contributed by atoms with van der Waals surface area (Å²) in [5, 5.41) is 6.72. The van der Waals surface area contributed by atoms with Gasteiger partial charge in [0.05, 0.1) is 23.4 Å². The Morgan fingerprint density at radius 3 is 2.11 bits per heavy atom. The fraction of sp³-hybridized carbons (Fsp3) is 0.156. The lowest BCUT2D eigenvalue weighted by Crippen LogP contribution is -2.39. The Hall–Kier alpha value is -4.81. The van der Waals surface area contributed by atoms with E-state index in [2.05, 4.69) is 15.8 Å². The quantitative estimate of drug-likeness (QED) is 0.112. The van der Waals surface area contributed by atoms with Crippen molar-refractivity contribution in [3.05, 3.63) is 109 Å². The first-order valence-electron chi connectivity index (χ1n) is 13.6. The molecule has 0 atom stereocenters. The topological polar surface area (TPSA) is 126 Å². The minimum Gasteiger partial charge on any atom is -0.494 e. The van der Waals surface area contributed by atoms with E-state index in [1.54, 1.807) is 72.8 Å². The number of rotatable bonds is 14. The van der Waals surface area contributed by atoms with E-state index in [9.17, 15) is 18.0 Å². The molecule has 4 aromatic carbocycles. The van der Waals surface area contributed by atoms with Crippen molar-refractivity contribution in [2.75, 3.05) is 35.6 Å². The minimum atomic E-state index is -4.08. The number of ether oxygens (including phenoxy) is 2. The molecule has 2 amide bonds. The summed E-state index contributed by atoms with van der Waals surface area (Å²) in [4.78, 5) is 25.9. The van der Waals surface area contributed by atoms with Gasteiger partial charge in [0.15, 0.2) is 6.61 Å². The molecule has 0 spiro atoms. The summed E-state index contributed by atoms with van der Waals surface area (Å²) in [5.41, 5.74) is 4.03. The molecule has 0 bridgehead atoms. The first-order chi connectivity index (χ1) is 21.3. The van der Waals surface area contributed by atoms with Crippen LogP contribution in [0.3, 0.4) is 0 Å². The van der Waals surface area contributed by atoms with Crippen LogP contribution in [0.1, 0.15) is 12.5 Å². The van der Waals surface area contributed by atoms with Gasteiger partial charge in [0.1, 0.15) is 18.0 Å². The molecule has 0 unspecified atom stereocenters. The van der Waals surface area contributed by atoms with Crippen molar-refractivity contribution < 1.29 is 27.5 Å². The Balaban J connectivity index is 1.38. The molecule has 4 aromatic rings. The molecule has 0 saturated carbocycles. The van der Waals surface area contributed by atoms with Crippen LogP contribution in [0.2, 0.25) is 0 Å². The molecule has 0 aromatic heterocycles. The van der Waals surface area contributed by atoms with Crippen molar-refractivity contribution in [1.82, 2.24) is 5.43 Å². The molecule has 44 heavy (non-hydrogen) atoms. The number of nitrogens with one attached hydrogen (secondary N) is 2. The molecule has 12 heteroatoms. The Morgan fingerprint density at radius 2 is 1.48 bits per heavy atom. The van der Waals surface area contributed by atoms with Crippen LogP contribution in [0.15, 0.2) is 118 Å². The molecule has 0 aliphatic carbocycles. The van der Waals surface area contributed by atoms with Crippen LogP contribution in [0.5, 0.6) is 11.5 Å². The Bertz CT molecular complexity index is 1660. The molecule has 2 N–H and O–H groups in total. The van der Waals surface area contributed by atoms with Gasteiger partial charge in [-0.3, -0.25) is 13.9 Å². The number of hydrogen-bond acceptors (Lipinski definition) is 8. The number of carbonyl (C=O) groups excluding carboxylic acids is 2. The largest absolute Gasteiger partial charge is 0.494 e. The van der Waals surface area contributed by atoms with Gasteiger partial charge in [-0.2, -0.15) is 5.10 Å². The zero-order valence-electron chi connectivity index (χ0n) is 24.2. The molecule has 0 aliphatic rings. The molecule has 228 valence electrons. The van der Waals surface area contributed by atoms with Gasteiger partial charge in [0, 0.05) is 10.6 Å². The lowest BCUT2D eigenvalue weighted by Gasteiger charge is -2.24. The lowest BCUT2D eigenvalue weighted by molar-refractivity contribution is -0.119. The fourth-order valence-corrected chi connectivity index (χ4v) is 5.76. The minimum absolute atomic E-state index is 0.0559. The van der Waals surface area contributed by atoms with Crippen LogP contribution >= 0.6 is 11.8 Å². The number of anilines is 2. The molecule has 0 saturated heterocycles. The molecule has 0 aliphatic heterocycles. The van der Waals surface area contributed by atoms with Crippen LogP contribution in [0.25, 0.3) is 0 Å². The molecule has 10 nitrogen and oxygen atoms in total. The van der Waals surface area contributed by atoms with Gasteiger partial charge in [-0.25, -0.2) is 13.8 Å². The molecule has 0 fully saturated rings.